The summed E-state index contributed by atoms with van der Waals surface area (Å²) >= 11 is 3.99. The first kappa shape index (κ1) is 24.7. The summed E-state index contributed by atoms with van der Waals surface area (Å²) in [6.45, 7) is 15.2. The summed E-state index contributed by atoms with van der Waals surface area (Å²) in [5.74, 6) is 0.434. The number of alkyl halides is 1. The van der Waals surface area contributed by atoms with E-state index in [1.165, 1.54) is 0 Å². The van der Waals surface area contributed by atoms with Crippen LogP contribution in [0, 0.1) is 13.8 Å². The van der Waals surface area contributed by atoms with Crippen molar-refractivity contribution >= 4 is 35.6 Å². The Morgan fingerprint density at radius 3 is 1.82 bits per heavy atom. The number of halogens is 1. The van der Waals surface area contributed by atoms with Crippen molar-refractivity contribution in [2.75, 3.05) is 0 Å². The molecular weight excluding hydrogens is 500 g/mol. The summed E-state index contributed by atoms with van der Waals surface area (Å²) in [7, 11) is -2.32. The van der Waals surface area contributed by atoms with E-state index in [0.717, 1.165) is 39.0 Å². The van der Waals surface area contributed by atoms with E-state index in [1.807, 2.05) is 42.5 Å². The van der Waals surface area contributed by atoms with Gasteiger partial charge in [0.05, 0.1) is 0 Å². The number of hydrogen-bond donors (Lipinski definition) is 0. The van der Waals surface area contributed by atoms with Crippen molar-refractivity contribution in [2.24, 2.45) is 0 Å². The predicted molar refractivity (Wildman–Crippen MR) is 148 cm³/mol. The van der Waals surface area contributed by atoms with Crippen LogP contribution in [0.5, 0.6) is 0 Å². The molecule has 0 aliphatic heterocycles. The molecule has 3 aromatic rings. The van der Waals surface area contributed by atoms with Gasteiger partial charge in [0.25, 0.3) is 8.32 Å². The minimum atomic E-state index is -2.32. The largest absolute Gasteiger partial charge is 0.541 e. The van der Waals surface area contributed by atoms with Crippen molar-refractivity contribution in [3.8, 4) is 0 Å². The van der Waals surface area contributed by atoms with E-state index in [0.29, 0.717) is 5.76 Å². The Labute approximate surface area is 213 Å². The van der Waals surface area contributed by atoms with E-state index >= 15 is 0 Å². The highest BCUT2D eigenvalue weighted by molar-refractivity contribution is 9.10. The molecule has 0 radical (unpaired) electrons. The van der Waals surface area contributed by atoms with E-state index in [4.69, 9.17) is 4.43 Å². The fourth-order valence-electron chi connectivity index (χ4n) is 4.37. The molecule has 0 bridgehead atoms. The van der Waals surface area contributed by atoms with Gasteiger partial charge < -0.3 is 4.43 Å². The normalized spacial score (nSPS) is 18.6. The zero-order valence-electron chi connectivity index (χ0n) is 21.1. The molecule has 1 aliphatic rings. The lowest BCUT2D eigenvalue weighted by atomic mass is 9.74. The van der Waals surface area contributed by atoms with Crippen LogP contribution in [0.25, 0.3) is 5.57 Å². The number of benzene rings is 3. The van der Waals surface area contributed by atoms with Crippen LogP contribution in [0.2, 0.25) is 18.1 Å². The average molecular weight is 534 g/mol. The van der Waals surface area contributed by atoms with Crippen molar-refractivity contribution in [2.45, 2.75) is 57.1 Å². The predicted octanol–water partition coefficient (Wildman–Crippen LogP) is 8.31. The van der Waals surface area contributed by atoms with Crippen LogP contribution in [-0.2, 0) is 13.5 Å². The number of fused-ring (bicyclic) bond motifs is 1. The minimum absolute atomic E-state index is 0.0384. The van der Waals surface area contributed by atoms with Gasteiger partial charge in [-0.05, 0) is 65.4 Å². The SMILES string of the molecule is Cc1ccccc1C1=C(O[Si](C)(C)C(C)(C)C)C(=O)C(Br)(c2ccccc2C)c2ccccc21. The Kier molecular flexibility index (Phi) is 6.28. The molecule has 0 amide bonds. The van der Waals surface area contributed by atoms with Gasteiger partial charge in [-0.1, -0.05) is 109 Å². The van der Waals surface area contributed by atoms with E-state index in [2.05, 4.69) is 94.0 Å². The monoisotopic (exact) mass is 532 g/mol. The molecule has 0 saturated heterocycles. The highest BCUT2D eigenvalue weighted by Gasteiger charge is 2.51. The summed E-state index contributed by atoms with van der Waals surface area (Å²) in [5, 5.41) is -0.0499. The van der Waals surface area contributed by atoms with Crippen molar-refractivity contribution in [1.82, 2.24) is 0 Å². The van der Waals surface area contributed by atoms with Crippen molar-refractivity contribution < 1.29 is 9.22 Å². The lowest BCUT2D eigenvalue weighted by molar-refractivity contribution is -0.119. The van der Waals surface area contributed by atoms with Gasteiger partial charge in [-0.2, -0.15) is 0 Å². The van der Waals surface area contributed by atoms with E-state index < -0.39 is 12.6 Å². The van der Waals surface area contributed by atoms with Gasteiger partial charge in [-0.25, -0.2) is 0 Å². The molecule has 0 fully saturated rings. The van der Waals surface area contributed by atoms with Crippen LogP contribution in [0.4, 0.5) is 0 Å². The number of ketones is 1. The molecule has 4 heteroatoms. The third-order valence-electron chi connectivity index (χ3n) is 7.41. The van der Waals surface area contributed by atoms with E-state index in [9.17, 15) is 4.79 Å². The summed E-state index contributed by atoms with van der Waals surface area (Å²) in [4.78, 5) is 14.7. The molecule has 0 spiro atoms. The van der Waals surface area contributed by atoms with Crippen LogP contribution >= 0.6 is 15.9 Å². The molecule has 1 atom stereocenters. The maximum atomic E-state index is 14.7. The van der Waals surface area contributed by atoms with Gasteiger partial charge in [0.15, 0.2) is 5.76 Å². The first-order valence-electron chi connectivity index (χ1n) is 11.8. The van der Waals surface area contributed by atoms with Crippen LogP contribution in [0.3, 0.4) is 0 Å². The third-order valence-corrected chi connectivity index (χ3v) is 12.9. The Balaban J connectivity index is 2.11. The fraction of sp³-hybridized carbons (Fsp3) is 0.300. The second kappa shape index (κ2) is 8.65. The molecule has 3 aromatic carbocycles. The zero-order valence-corrected chi connectivity index (χ0v) is 23.7. The number of aryl methyl sites for hydroxylation is 2. The minimum Gasteiger partial charge on any atom is -0.541 e. The lowest BCUT2D eigenvalue weighted by Crippen LogP contribution is -2.45. The van der Waals surface area contributed by atoms with Gasteiger partial charge in [-0.3, -0.25) is 4.79 Å². The number of carbonyl (C=O) groups excluding carboxylic acids is 1. The van der Waals surface area contributed by atoms with E-state index in [-0.39, 0.29) is 10.8 Å². The van der Waals surface area contributed by atoms with Crippen molar-refractivity contribution in [3.63, 3.8) is 0 Å². The van der Waals surface area contributed by atoms with Crippen molar-refractivity contribution in [1.29, 1.82) is 0 Å². The topological polar surface area (TPSA) is 26.3 Å². The maximum Gasteiger partial charge on any atom is 0.250 e. The van der Waals surface area contributed by atoms with Gasteiger partial charge >= 0.3 is 0 Å². The molecule has 0 heterocycles. The smallest absolute Gasteiger partial charge is 0.250 e. The number of hydrogen-bond acceptors (Lipinski definition) is 2. The van der Waals surface area contributed by atoms with Gasteiger partial charge in [0, 0.05) is 5.57 Å². The van der Waals surface area contributed by atoms with Crippen LogP contribution in [-0.4, -0.2) is 14.1 Å². The Hall–Kier alpha value is -2.43. The third kappa shape index (κ3) is 3.91. The Bertz CT molecular complexity index is 1300. The zero-order chi connectivity index (χ0) is 24.9. The molecule has 4 rings (SSSR count). The molecule has 0 aromatic heterocycles. The first-order chi connectivity index (χ1) is 15.9. The maximum absolute atomic E-state index is 14.7. The summed E-state index contributed by atoms with van der Waals surface area (Å²) < 4.78 is 5.92. The van der Waals surface area contributed by atoms with Gasteiger partial charge in [-0.15, -0.1) is 0 Å². The van der Waals surface area contributed by atoms with Crippen LogP contribution in [0.1, 0.15) is 54.2 Å². The van der Waals surface area contributed by atoms with Gasteiger partial charge in [0.1, 0.15) is 4.32 Å². The highest BCUT2D eigenvalue weighted by Crippen LogP contribution is 2.53. The molecule has 2 nitrogen and oxygen atoms in total. The molecule has 1 unspecified atom stereocenters. The number of Topliss-reactive ketones (excluding diaryl/α,β-unsaturated/α-hetero) is 1. The summed E-state index contributed by atoms with van der Waals surface area (Å²) in [5.41, 5.74) is 7.06. The fourth-order valence-corrected chi connectivity index (χ4v) is 6.35. The number of carbonyl (C=O) groups is 1. The number of rotatable bonds is 4. The molecule has 0 N–H and O–H groups in total. The molecule has 1 aliphatic carbocycles. The Morgan fingerprint density at radius 1 is 0.765 bits per heavy atom. The molecule has 0 saturated carbocycles. The average Bonchev–Trinajstić information content (AvgIpc) is 2.78. The van der Waals surface area contributed by atoms with Crippen LogP contribution in [0.15, 0.2) is 78.6 Å². The lowest BCUT2D eigenvalue weighted by Gasteiger charge is -2.42. The first-order valence-corrected chi connectivity index (χ1v) is 15.5. The summed E-state index contributed by atoms with van der Waals surface area (Å²) in [6.07, 6.45) is 0. The molecule has 34 heavy (non-hydrogen) atoms. The quantitative estimate of drug-likeness (QED) is 0.249. The molecular formula is C30H33BrO2Si. The summed E-state index contributed by atoms with van der Waals surface area (Å²) in [6, 6.07) is 24.6. The van der Waals surface area contributed by atoms with E-state index in [1.54, 1.807) is 0 Å². The second-order valence-electron chi connectivity index (χ2n) is 10.7. The Morgan fingerprint density at radius 2 is 1.26 bits per heavy atom. The van der Waals surface area contributed by atoms with Crippen molar-refractivity contribution in [3.05, 3.63) is 112 Å². The second-order valence-corrected chi connectivity index (χ2v) is 16.6. The highest BCUT2D eigenvalue weighted by atomic mass is 79.9. The standard InChI is InChI=1S/C30H33BrO2Si/c1-20-14-8-10-16-22(20)26-23-17-11-13-19-25(23)30(31,24-18-12-9-15-21(24)2)28(32)27(26)33-34(6,7)29(3,4)5/h8-19H,1-7H3. The molecule has 176 valence electrons. The number of allylic oxidation sites excluding steroid dienone is 1. The van der Waals surface area contributed by atoms with Gasteiger partial charge in [0.2, 0.25) is 5.78 Å². The van der Waals surface area contributed by atoms with Crippen LogP contribution < -0.4 is 0 Å².